The molecule has 1 heterocycles. The van der Waals surface area contributed by atoms with Crippen LogP contribution in [-0.4, -0.2) is 15.2 Å². The molecular formula is C13H15N3O2. The van der Waals surface area contributed by atoms with Crippen LogP contribution in [0.1, 0.15) is 29.9 Å². The van der Waals surface area contributed by atoms with Crippen molar-refractivity contribution in [1.29, 1.82) is 0 Å². The zero-order valence-corrected chi connectivity index (χ0v) is 10.0. The average Bonchev–Trinajstić information content (AvgIpc) is 2.88. The van der Waals surface area contributed by atoms with E-state index in [1.807, 2.05) is 12.1 Å². The fourth-order valence-electron chi connectivity index (χ4n) is 2.44. The van der Waals surface area contributed by atoms with Gasteiger partial charge >= 0.3 is 0 Å². The number of aromatic hydroxyl groups is 1. The van der Waals surface area contributed by atoms with Crippen molar-refractivity contribution in [3.05, 3.63) is 29.2 Å². The first-order chi connectivity index (χ1) is 8.79. The molecule has 0 unspecified atom stereocenters. The zero-order chi connectivity index (χ0) is 12.5. The number of hydrogen-bond acceptors (Lipinski definition) is 5. The smallest absolute Gasteiger partial charge is 0.240 e. The highest BCUT2D eigenvalue weighted by molar-refractivity contribution is 5.67. The van der Waals surface area contributed by atoms with Crippen molar-refractivity contribution in [2.24, 2.45) is 5.73 Å². The summed E-state index contributed by atoms with van der Waals surface area (Å²) in [4.78, 5) is 4.15. The van der Waals surface area contributed by atoms with Crippen LogP contribution < -0.4 is 5.73 Å². The quantitative estimate of drug-likeness (QED) is 0.842. The maximum Gasteiger partial charge on any atom is 0.240 e. The standard InChI is InChI=1S/C13H15N3O2/c14-7-11-15-13(16-18-11)10-6-5-8-3-1-2-4-9(8)12(10)17/h5-6,17H,1-4,7,14H2. The predicted octanol–water partition coefficient (Wildman–Crippen LogP) is 1.78. The minimum Gasteiger partial charge on any atom is -0.507 e. The van der Waals surface area contributed by atoms with E-state index in [9.17, 15) is 5.11 Å². The summed E-state index contributed by atoms with van der Waals surface area (Å²) in [5, 5.41) is 14.2. The van der Waals surface area contributed by atoms with Gasteiger partial charge in [-0.25, -0.2) is 0 Å². The second-order valence-electron chi connectivity index (χ2n) is 4.52. The van der Waals surface area contributed by atoms with Crippen LogP contribution in [0.2, 0.25) is 0 Å². The Bertz CT molecular complexity index is 578. The first kappa shape index (κ1) is 11.2. The summed E-state index contributed by atoms with van der Waals surface area (Å²) >= 11 is 0. The molecule has 0 amide bonds. The van der Waals surface area contributed by atoms with Gasteiger partial charge in [0.15, 0.2) is 0 Å². The summed E-state index contributed by atoms with van der Waals surface area (Å²) in [5.41, 5.74) is 8.31. The van der Waals surface area contributed by atoms with Crippen LogP contribution >= 0.6 is 0 Å². The molecule has 1 aliphatic rings. The third-order valence-corrected chi connectivity index (χ3v) is 3.39. The summed E-state index contributed by atoms with van der Waals surface area (Å²) in [7, 11) is 0. The molecule has 1 aromatic heterocycles. The van der Waals surface area contributed by atoms with E-state index in [1.165, 1.54) is 12.0 Å². The Hall–Kier alpha value is -1.88. The Kier molecular flexibility index (Phi) is 2.76. The molecule has 5 heteroatoms. The molecule has 0 saturated carbocycles. The largest absolute Gasteiger partial charge is 0.507 e. The van der Waals surface area contributed by atoms with Gasteiger partial charge in [0.25, 0.3) is 0 Å². The van der Waals surface area contributed by atoms with Crippen LogP contribution in [0.15, 0.2) is 16.7 Å². The third-order valence-electron chi connectivity index (χ3n) is 3.39. The SMILES string of the molecule is NCc1nc(-c2ccc3c(c2O)CCCC3)no1. The Labute approximate surface area is 105 Å². The van der Waals surface area contributed by atoms with Crippen LogP contribution in [0.5, 0.6) is 5.75 Å². The van der Waals surface area contributed by atoms with Crippen molar-refractivity contribution < 1.29 is 9.63 Å². The molecular weight excluding hydrogens is 230 g/mol. The minimum atomic E-state index is 0.207. The summed E-state index contributed by atoms with van der Waals surface area (Å²) < 4.78 is 4.97. The number of hydrogen-bond donors (Lipinski definition) is 2. The van der Waals surface area contributed by atoms with Crippen molar-refractivity contribution in [2.45, 2.75) is 32.2 Å². The highest BCUT2D eigenvalue weighted by Gasteiger charge is 2.19. The maximum absolute atomic E-state index is 10.3. The molecule has 5 nitrogen and oxygen atoms in total. The number of fused-ring (bicyclic) bond motifs is 1. The van der Waals surface area contributed by atoms with Gasteiger partial charge in [-0.1, -0.05) is 11.2 Å². The molecule has 3 N–H and O–H groups in total. The predicted molar refractivity (Wildman–Crippen MR) is 65.9 cm³/mol. The van der Waals surface area contributed by atoms with Gasteiger partial charge in [-0.3, -0.25) is 0 Å². The molecule has 0 bridgehead atoms. The lowest BCUT2D eigenvalue weighted by atomic mass is 9.89. The fourth-order valence-corrected chi connectivity index (χ4v) is 2.44. The summed E-state index contributed by atoms with van der Waals surface area (Å²) in [6.45, 7) is 0.207. The number of aryl methyl sites for hydroxylation is 1. The topological polar surface area (TPSA) is 85.2 Å². The van der Waals surface area contributed by atoms with Gasteiger partial charge < -0.3 is 15.4 Å². The molecule has 0 radical (unpaired) electrons. The monoisotopic (exact) mass is 245 g/mol. The highest BCUT2D eigenvalue weighted by atomic mass is 16.5. The van der Waals surface area contributed by atoms with Crippen LogP contribution in [0.4, 0.5) is 0 Å². The van der Waals surface area contributed by atoms with Gasteiger partial charge in [0.1, 0.15) is 5.75 Å². The Morgan fingerprint density at radius 1 is 1.28 bits per heavy atom. The molecule has 94 valence electrons. The van der Waals surface area contributed by atoms with Gasteiger partial charge in [0.2, 0.25) is 11.7 Å². The second kappa shape index (κ2) is 4.42. The number of benzene rings is 1. The minimum absolute atomic E-state index is 0.207. The molecule has 0 aliphatic heterocycles. The Balaban J connectivity index is 2.07. The van der Waals surface area contributed by atoms with E-state index in [0.717, 1.165) is 24.8 Å². The zero-order valence-electron chi connectivity index (χ0n) is 10.0. The lowest BCUT2D eigenvalue weighted by Gasteiger charge is -2.17. The van der Waals surface area contributed by atoms with E-state index in [0.29, 0.717) is 17.3 Å². The van der Waals surface area contributed by atoms with Gasteiger partial charge in [-0.15, -0.1) is 0 Å². The Morgan fingerprint density at radius 3 is 2.89 bits per heavy atom. The molecule has 1 aliphatic carbocycles. The van der Waals surface area contributed by atoms with E-state index in [-0.39, 0.29) is 12.3 Å². The number of nitrogens with two attached hydrogens (primary N) is 1. The van der Waals surface area contributed by atoms with E-state index < -0.39 is 0 Å². The summed E-state index contributed by atoms with van der Waals surface area (Å²) in [6, 6.07) is 3.90. The maximum atomic E-state index is 10.3. The van der Waals surface area contributed by atoms with Crippen molar-refractivity contribution in [1.82, 2.24) is 10.1 Å². The Morgan fingerprint density at radius 2 is 2.11 bits per heavy atom. The lowest BCUT2D eigenvalue weighted by molar-refractivity contribution is 0.380. The van der Waals surface area contributed by atoms with Crippen LogP contribution in [-0.2, 0) is 19.4 Å². The van der Waals surface area contributed by atoms with E-state index in [1.54, 1.807) is 0 Å². The molecule has 2 aromatic rings. The average molecular weight is 245 g/mol. The molecule has 0 fully saturated rings. The first-order valence-electron chi connectivity index (χ1n) is 6.16. The van der Waals surface area contributed by atoms with Crippen molar-refractivity contribution >= 4 is 0 Å². The summed E-state index contributed by atoms with van der Waals surface area (Å²) in [5.74, 6) is 1.07. The van der Waals surface area contributed by atoms with Gasteiger partial charge in [0.05, 0.1) is 12.1 Å². The number of aromatic nitrogens is 2. The first-order valence-corrected chi connectivity index (χ1v) is 6.16. The van der Waals surface area contributed by atoms with Gasteiger partial charge in [-0.2, -0.15) is 4.98 Å². The second-order valence-corrected chi connectivity index (χ2v) is 4.52. The molecule has 0 atom stereocenters. The van der Waals surface area contributed by atoms with E-state index in [4.69, 9.17) is 10.3 Å². The van der Waals surface area contributed by atoms with Crippen LogP contribution in [0.25, 0.3) is 11.4 Å². The van der Waals surface area contributed by atoms with E-state index in [2.05, 4.69) is 10.1 Å². The van der Waals surface area contributed by atoms with Crippen molar-refractivity contribution in [2.75, 3.05) is 0 Å². The fraction of sp³-hybridized carbons (Fsp3) is 0.385. The van der Waals surface area contributed by atoms with E-state index >= 15 is 0 Å². The normalized spacial score (nSPS) is 14.5. The summed E-state index contributed by atoms with van der Waals surface area (Å²) in [6.07, 6.45) is 4.25. The van der Waals surface area contributed by atoms with Crippen molar-refractivity contribution in [3.63, 3.8) is 0 Å². The molecule has 3 rings (SSSR count). The third kappa shape index (κ3) is 1.76. The highest BCUT2D eigenvalue weighted by Crippen LogP contribution is 2.36. The van der Waals surface area contributed by atoms with Gasteiger partial charge in [0, 0.05) is 0 Å². The van der Waals surface area contributed by atoms with Gasteiger partial charge in [-0.05, 0) is 42.9 Å². The number of rotatable bonds is 2. The van der Waals surface area contributed by atoms with Crippen LogP contribution in [0.3, 0.4) is 0 Å². The molecule has 0 saturated heterocycles. The lowest BCUT2D eigenvalue weighted by Crippen LogP contribution is -2.03. The molecule has 0 spiro atoms. The van der Waals surface area contributed by atoms with Crippen molar-refractivity contribution in [3.8, 4) is 17.1 Å². The number of phenols is 1. The molecule has 1 aromatic carbocycles. The molecule has 18 heavy (non-hydrogen) atoms. The number of nitrogens with zero attached hydrogens (tertiary/aromatic N) is 2. The van der Waals surface area contributed by atoms with Crippen LogP contribution in [0, 0.1) is 0 Å². The number of phenolic OH excluding ortho intramolecular Hbond substituents is 1.